The molecule has 0 aliphatic heterocycles. The second-order valence-electron chi connectivity index (χ2n) is 4.03. The van der Waals surface area contributed by atoms with Crippen LogP contribution < -0.4 is 5.32 Å². The summed E-state index contributed by atoms with van der Waals surface area (Å²) in [7, 11) is 2.10. The highest BCUT2D eigenvalue weighted by atomic mass is 15.1. The van der Waals surface area contributed by atoms with Crippen molar-refractivity contribution in [2.24, 2.45) is 7.05 Å². The van der Waals surface area contributed by atoms with Crippen LogP contribution in [0.3, 0.4) is 0 Å². The SMILES string of the molecule is CCNCCCc1nc2ccccc2n1C. The van der Waals surface area contributed by atoms with Crippen LogP contribution in [0.4, 0.5) is 0 Å². The second-order valence-corrected chi connectivity index (χ2v) is 4.03. The Morgan fingerprint density at radius 3 is 2.88 bits per heavy atom. The first-order valence-corrected chi connectivity index (χ1v) is 5.94. The van der Waals surface area contributed by atoms with E-state index in [9.17, 15) is 0 Å². The van der Waals surface area contributed by atoms with Gasteiger partial charge in [0, 0.05) is 13.5 Å². The third-order valence-electron chi connectivity index (χ3n) is 2.88. The van der Waals surface area contributed by atoms with E-state index in [1.165, 1.54) is 11.3 Å². The van der Waals surface area contributed by atoms with Gasteiger partial charge in [0.05, 0.1) is 11.0 Å². The molecule has 0 fully saturated rings. The van der Waals surface area contributed by atoms with Crippen LogP contribution >= 0.6 is 0 Å². The number of benzene rings is 1. The molecule has 1 aromatic carbocycles. The minimum absolute atomic E-state index is 1.04. The lowest BCUT2D eigenvalue weighted by Crippen LogP contribution is -2.15. The normalized spacial score (nSPS) is 11.1. The Labute approximate surface area is 96.5 Å². The molecule has 0 atom stereocenters. The van der Waals surface area contributed by atoms with E-state index in [1.54, 1.807) is 0 Å². The van der Waals surface area contributed by atoms with Crippen molar-refractivity contribution in [3.05, 3.63) is 30.1 Å². The fraction of sp³-hybridized carbons (Fsp3) is 0.462. The molecule has 1 aromatic heterocycles. The zero-order valence-corrected chi connectivity index (χ0v) is 10.0. The van der Waals surface area contributed by atoms with Crippen molar-refractivity contribution in [1.82, 2.24) is 14.9 Å². The zero-order chi connectivity index (χ0) is 11.4. The maximum atomic E-state index is 4.65. The highest BCUT2D eigenvalue weighted by molar-refractivity contribution is 5.75. The molecule has 1 heterocycles. The summed E-state index contributed by atoms with van der Waals surface area (Å²) >= 11 is 0. The second kappa shape index (κ2) is 5.12. The van der Waals surface area contributed by atoms with Crippen molar-refractivity contribution in [3.8, 4) is 0 Å². The Morgan fingerprint density at radius 1 is 1.31 bits per heavy atom. The zero-order valence-electron chi connectivity index (χ0n) is 10.0. The van der Waals surface area contributed by atoms with E-state index in [2.05, 4.69) is 47.0 Å². The monoisotopic (exact) mass is 217 g/mol. The largest absolute Gasteiger partial charge is 0.331 e. The van der Waals surface area contributed by atoms with Crippen LogP contribution in [0.25, 0.3) is 11.0 Å². The van der Waals surface area contributed by atoms with Crippen LogP contribution in [0.1, 0.15) is 19.2 Å². The van der Waals surface area contributed by atoms with E-state index in [-0.39, 0.29) is 0 Å². The Bertz CT molecular complexity index is 459. The summed E-state index contributed by atoms with van der Waals surface area (Å²) in [5, 5.41) is 3.33. The van der Waals surface area contributed by atoms with Crippen LogP contribution in [0, 0.1) is 0 Å². The summed E-state index contributed by atoms with van der Waals surface area (Å²) in [6.07, 6.45) is 2.18. The minimum atomic E-state index is 1.04. The molecule has 0 bridgehead atoms. The number of fused-ring (bicyclic) bond motifs is 1. The fourth-order valence-corrected chi connectivity index (χ4v) is 1.97. The molecule has 0 aliphatic rings. The molecular weight excluding hydrogens is 198 g/mol. The molecule has 0 saturated heterocycles. The van der Waals surface area contributed by atoms with Crippen molar-refractivity contribution in [1.29, 1.82) is 0 Å². The summed E-state index contributed by atoms with van der Waals surface area (Å²) in [4.78, 5) is 4.65. The van der Waals surface area contributed by atoms with Crippen molar-refractivity contribution in [2.75, 3.05) is 13.1 Å². The lowest BCUT2D eigenvalue weighted by Gasteiger charge is -2.02. The molecule has 0 saturated carbocycles. The number of imidazole rings is 1. The van der Waals surface area contributed by atoms with Crippen LogP contribution in [-0.4, -0.2) is 22.6 Å². The van der Waals surface area contributed by atoms with Gasteiger partial charge in [-0.2, -0.15) is 0 Å². The Hall–Kier alpha value is -1.35. The number of hydrogen-bond donors (Lipinski definition) is 1. The number of aromatic nitrogens is 2. The van der Waals surface area contributed by atoms with Gasteiger partial charge in [0.15, 0.2) is 0 Å². The molecule has 0 aliphatic carbocycles. The predicted molar refractivity (Wildman–Crippen MR) is 67.6 cm³/mol. The third-order valence-corrected chi connectivity index (χ3v) is 2.88. The highest BCUT2D eigenvalue weighted by Crippen LogP contribution is 2.14. The van der Waals surface area contributed by atoms with Gasteiger partial charge in [-0.1, -0.05) is 19.1 Å². The van der Waals surface area contributed by atoms with Crippen LogP contribution in [-0.2, 0) is 13.5 Å². The van der Waals surface area contributed by atoms with Gasteiger partial charge in [0.25, 0.3) is 0 Å². The van der Waals surface area contributed by atoms with Crippen molar-refractivity contribution < 1.29 is 0 Å². The molecule has 16 heavy (non-hydrogen) atoms. The summed E-state index contributed by atoms with van der Waals surface area (Å²) in [6, 6.07) is 8.30. The van der Waals surface area contributed by atoms with Gasteiger partial charge in [-0.15, -0.1) is 0 Å². The first kappa shape index (κ1) is 11.1. The first-order valence-electron chi connectivity index (χ1n) is 5.94. The Kier molecular flexibility index (Phi) is 3.57. The summed E-state index contributed by atoms with van der Waals surface area (Å²) in [6.45, 7) is 4.25. The van der Waals surface area contributed by atoms with Gasteiger partial charge in [-0.3, -0.25) is 0 Å². The fourth-order valence-electron chi connectivity index (χ4n) is 1.97. The van der Waals surface area contributed by atoms with E-state index in [0.29, 0.717) is 0 Å². The molecule has 2 aromatic rings. The maximum Gasteiger partial charge on any atom is 0.109 e. The molecule has 2 rings (SSSR count). The molecule has 0 amide bonds. The number of hydrogen-bond acceptors (Lipinski definition) is 2. The number of rotatable bonds is 5. The summed E-state index contributed by atoms with van der Waals surface area (Å²) < 4.78 is 2.20. The smallest absolute Gasteiger partial charge is 0.109 e. The quantitative estimate of drug-likeness (QED) is 0.777. The molecule has 3 heteroatoms. The maximum absolute atomic E-state index is 4.65. The van der Waals surface area contributed by atoms with Gasteiger partial charge >= 0.3 is 0 Å². The van der Waals surface area contributed by atoms with E-state index in [4.69, 9.17) is 0 Å². The van der Waals surface area contributed by atoms with E-state index in [1.807, 2.05) is 6.07 Å². The van der Waals surface area contributed by atoms with Gasteiger partial charge < -0.3 is 9.88 Å². The number of para-hydroxylation sites is 2. The van der Waals surface area contributed by atoms with E-state index < -0.39 is 0 Å². The summed E-state index contributed by atoms with van der Waals surface area (Å²) in [5.41, 5.74) is 2.32. The topological polar surface area (TPSA) is 29.9 Å². The van der Waals surface area contributed by atoms with Gasteiger partial charge in [-0.25, -0.2) is 4.98 Å². The molecular formula is C13H19N3. The number of aryl methyl sites for hydroxylation is 2. The highest BCUT2D eigenvalue weighted by Gasteiger charge is 2.05. The standard InChI is InChI=1S/C13H19N3/c1-3-14-10-6-9-13-15-11-7-4-5-8-12(11)16(13)2/h4-5,7-8,14H,3,6,9-10H2,1-2H3. The average Bonchev–Trinajstić information content (AvgIpc) is 2.63. The molecule has 0 spiro atoms. The molecule has 3 nitrogen and oxygen atoms in total. The van der Waals surface area contributed by atoms with Gasteiger partial charge in [-0.05, 0) is 31.6 Å². The van der Waals surface area contributed by atoms with Crippen molar-refractivity contribution in [3.63, 3.8) is 0 Å². The third kappa shape index (κ3) is 2.25. The summed E-state index contributed by atoms with van der Waals surface area (Å²) in [5.74, 6) is 1.18. The molecule has 0 unspecified atom stereocenters. The lowest BCUT2D eigenvalue weighted by molar-refractivity contribution is 0.649. The molecule has 1 N–H and O–H groups in total. The Morgan fingerprint density at radius 2 is 2.12 bits per heavy atom. The number of nitrogens with one attached hydrogen (secondary N) is 1. The first-order chi connectivity index (χ1) is 7.83. The molecule has 86 valence electrons. The van der Waals surface area contributed by atoms with E-state index in [0.717, 1.165) is 31.4 Å². The van der Waals surface area contributed by atoms with Crippen LogP contribution in [0.5, 0.6) is 0 Å². The van der Waals surface area contributed by atoms with Crippen molar-refractivity contribution >= 4 is 11.0 Å². The van der Waals surface area contributed by atoms with E-state index >= 15 is 0 Å². The average molecular weight is 217 g/mol. The van der Waals surface area contributed by atoms with Crippen molar-refractivity contribution in [2.45, 2.75) is 19.8 Å². The lowest BCUT2D eigenvalue weighted by atomic mass is 10.3. The van der Waals surface area contributed by atoms with Crippen LogP contribution in [0.2, 0.25) is 0 Å². The predicted octanol–water partition coefficient (Wildman–Crippen LogP) is 2.12. The van der Waals surface area contributed by atoms with Crippen LogP contribution in [0.15, 0.2) is 24.3 Å². The minimum Gasteiger partial charge on any atom is -0.331 e. The van der Waals surface area contributed by atoms with Gasteiger partial charge in [0.2, 0.25) is 0 Å². The van der Waals surface area contributed by atoms with Gasteiger partial charge in [0.1, 0.15) is 5.82 Å². The molecule has 0 radical (unpaired) electrons. The Balaban J connectivity index is 2.09. The number of nitrogens with zero attached hydrogens (tertiary/aromatic N) is 2.